The van der Waals surface area contributed by atoms with Gasteiger partial charge in [-0.25, -0.2) is 4.79 Å². The summed E-state index contributed by atoms with van der Waals surface area (Å²) in [5.74, 6) is -0.339. The van der Waals surface area contributed by atoms with Gasteiger partial charge in [0.2, 0.25) is 5.91 Å². The van der Waals surface area contributed by atoms with Crippen LogP contribution in [0.2, 0.25) is 0 Å². The van der Waals surface area contributed by atoms with Crippen molar-refractivity contribution < 1.29 is 19.1 Å². The molecule has 152 valence electrons. The van der Waals surface area contributed by atoms with Gasteiger partial charge in [-0.3, -0.25) is 14.5 Å². The Kier molecular flexibility index (Phi) is 6.34. The van der Waals surface area contributed by atoms with Gasteiger partial charge in [0, 0.05) is 25.6 Å². The molecule has 4 amide bonds. The van der Waals surface area contributed by atoms with Crippen LogP contribution in [0.25, 0.3) is 0 Å². The lowest BCUT2D eigenvalue weighted by molar-refractivity contribution is -0.128. The molecule has 2 saturated heterocycles. The van der Waals surface area contributed by atoms with Gasteiger partial charge in [0.1, 0.15) is 6.04 Å². The molecule has 2 aliphatic heterocycles. The number of benzene rings is 1. The molecule has 28 heavy (non-hydrogen) atoms. The molecular weight excluding hydrogens is 358 g/mol. The van der Waals surface area contributed by atoms with E-state index < -0.39 is 6.04 Å². The van der Waals surface area contributed by atoms with E-state index in [0.717, 1.165) is 18.4 Å². The molecule has 2 N–H and O–H groups in total. The van der Waals surface area contributed by atoms with Crippen LogP contribution in [0.15, 0.2) is 30.3 Å². The molecule has 7 heteroatoms. The van der Waals surface area contributed by atoms with Crippen LogP contribution in [0, 0.1) is 0 Å². The van der Waals surface area contributed by atoms with Crippen molar-refractivity contribution in [1.29, 1.82) is 0 Å². The Balaban J connectivity index is 1.44. The van der Waals surface area contributed by atoms with E-state index in [4.69, 9.17) is 4.74 Å². The lowest BCUT2D eigenvalue weighted by Gasteiger charge is -2.35. The Hall–Kier alpha value is -2.41. The number of carbonyl (C=O) groups is 3. The fourth-order valence-electron chi connectivity index (χ4n) is 3.80. The first kappa shape index (κ1) is 20.3. The van der Waals surface area contributed by atoms with Gasteiger partial charge in [0.25, 0.3) is 5.91 Å². The number of ether oxygens (including phenoxy) is 1. The number of urea groups is 1. The van der Waals surface area contributed by atoms with Gasteiger partial charge in [-0.1, -0.05) is 30.3 Å². The second-order valence-electron chi connectivity index (χ2n) is 8.13. The lowest BCUT2D eigenvalue weighted by atomic mass is 9.94. The summed E-state index contributed by atoms with van der Waals surface area (Å²) in [5, 5.41) is 5.73. The summed E-state index contributed by atoms with van der Waals surface area (Å²) < 4.78 is 5.66. The van der Waals surface area contributed by atoms with Gasteiger partial charge in [-0.15, -0.1) is 0 Å². The van der Waals surface area contributed by atoms with Crippen molar-refractivity contribution >= 4 is 17.8 Å². The average molecular weight is 387 g/mol. The van der Waals surface area contributed by atoms with Crippen molar-refractivity contribution in [3.05, 3.63) is 35.9 Å². The molecule has 2 aliphatic rings. The van der Waals surface area contributed by atoms with E-state index in [1.807, 2.05) is 44.2 Å². The molecule has 0 aliphatic carbocycles. The molecule has 1 aromatic rings. The quantitative estimate of drug-likeness (QED) is 0.701. The maximum atomic E-state index is 12.5. The smallest absolute Gasteiger partial charge is 0.324 e. The molecule has 7 nitrogen and oxygen atoms in total. The number of hydrogen-bond donors (Lipinski definition) is 2. The van der Waals surface area contributed by atoms with Crippen molar-refractivity contribution in [2.24, 2.45) is 0 Å². The molecular formula is C21H29N3O4. The van der Waals surface area contributed by atoms with Gasteiger partial charge in [-0.2, -0.15) is 0 Å². The summed E-state index contributed by atoms with van der Waals surface area (Å²) in [7, 11) is 0. The molecule has 0 unspecified atom stereocenters. The Morgan fingerprint density at radius 2 is 2.04 bits per heavy atom. The minimum atomic E-state index is -0.625. The predicted octanol–water partition coefficient (Wildman–Crippen LogP) is 2.00. The number of carbonyl (C=O) groups excluding carboxylic acids is 3. The third-order valence-corrected chi connectivity index (χ3v) is 5.30. The summed E-state index contributed by atoms with van der Waals surface area (Å²) in [5.41, 5.74) is 0.843. The minimum absolute atomic E-state index is 0.0903. The number of rotatable bonds is 7. The van der Waals surface area contributed by atoms with Gasteiger partial charge in [0.05, 0.1) is 5.60 Å². The van der Waals surface area contributed by atoms with Crippen LogP contribution in [-0.2, 0) is 20.7 Å². The Morgan fingerprint density at radius 1 is 1.29 bits per heavy atom. The summed E-state index contributed by atoms with van der Waals surface area (Å²) in [6.07, 6.45) is 2.70. The fraction of sp³-hybridized carbons (Fsp3) is 0.571. The normalized spacial score (nSPS) is 24.1. The van der Waals surface area contributed by atoms with E-state index in [2.05, 4.69) is 10.6 Å². The molecule has 2 heterocycles. The Bertz CT molecular complexity index is 720. The van der Waals surface area contributed by atoms with Crippen LogP contribution in [-0.4, -0.2) is 53.6 Å². The topological polar surface area (TPSA) is 87.7 Å². The van der Waals surface area contributed by atoms with Gasteiger partial charge >= 0.3 is 6.03 Å². The summed E-state index contributed by atoms with van der Waals surface area (Å²) >= 11 is 0. The van der Waals surface area contributed by atoms with Crippen LogP contribution < -0.4 is 10.6 Å². The number of nitrogens with one attached hydrogen (secondary N) is 2. The van der Waals surface area contributed by atoms with Crippen LogP contribution in [0.1, 0.15) is 45.1 Å². The average Bonchev–Trinajstić information content (AvgIpc) is 2.91. The van der Waals surface area contributed by atoms with Crippen LogP contribution >= 0.6 is 0 Å². The molecule has 1 aromatic carbocycles. The lowest BCUT2D eigenvalue weighted by Crippen LogP contribution is -2.46. The van der Waals surface area contributed by atoms with Gasteiger partial charge < -0.3 is 15.4 Å². The first-order chi connectivity index (χ1) is 13.3. The molecule has 0 radical (unpaired) electrons. The third kappa shape index (κ3) is 5.32. The van der Waals surface area contributed by atoms with E-state index in [1.54, 1.807) is 0 Å². The zero-order valence-electron chi connectivity index (χ0n) is 16.6. The van der Waals surface area contributed by atoms with Gasteiger partial charge in [-0.05, 0) is 45.1 Å². The molecule has 2 fully saturated rings. The monoisotopic (exact) mass is 387 g/mol. The maximum Gasteiger partial charge on any atom is 0.324 e. The molecule has 0 spiro atoms. The van der Waals surface area contributed by atoms with Crippen LogP contribution in [0.3, 0.4) is 0 Å². The van der Waals surface area contributed by atoms with E-state index in [0.29, 0.717) is 26.0 Å². The van der Waals surface area contributed by atoms with Crippen molar-refractivity contribution in [3.8, 4) is 0 Å². The van der Waals surface area contributed by atoms with Crippen molar-refractivity contribution in [2.45, 2.75) is 63.6 Å². The Labute approximate surface area is 165 Å². The van der Waals surface area contributed by atoms with Crippen molar-refractivity contribution in [1.82, 2.24) is 15.5 Å². The number of amides is 4. The second-order valence-corrected chi connectivity index (χ2v) is 8.13. The van der Waals surface area contributed by atoms with E-state index >= 15 is 0 Å². The van der Waals surface area contributed by atoms with Gasteiger partial charge in [0.15, 0.2) is 0 Å². The highest BCUT2D eigenvalue weighted by Crippen LogP contribution is 2.24. The molecule has 2 atom stereocenters. The highest BCUT2D eigenvalue weighted by molar-refractivity contribution is 6.04. The van der Waals surface area contributed by atoms with E-state index in [-0.39, 0.29) is 35.9 Å². The third-order valence-electron chi connectivity index (χ3n) is 5.30. The second kappa shape index (κ2) is 8.73. The van der Waals surface area contributed by atoms with Crippen LogP contribution in [0.4, 0.5) is 4.79 Å². The summed E-state index contributed by atoms with van der Waals surface area (Å²) in [6.45, 7) is 5.00. The summed E-state index contributed by atoms with van der Waals surface area (Å²) in [4.78, 5) is 38.2. The van der Waals surface area contributed by atoms with Crippen LogP contribution in [0.5, 0.6) is 0 Å². The standard InChI is InChI=1S/C21H29N3O4/c1-21(2)14-16(11-13-28-21)22-18(25)9-8-17-19(26)24(20(27)23-17)12-10-15-6-4-3-5-7-15/h3-7,16-17H,8-14H2,1-2H3,(H,22,25)(H,23,27)/t16-,17-/m1/s1. The van der Waals surface area contributed by atoms with E-state index in [1.165, 1.54) is 4.90 Å². The first-order valence-electron chi connectivity index (χ1n) is 9.93. The zero-order valence-corrected chi connectivity index (χ0v) is 16.6. The molecule has 3 rings (SSSR count). The number of nitrogens with zero attached hydrogens (tertiary/aromatic N) is 1. The Morgan fingerprint density at radius 3 is 2.75 bits per heavy atom. The number of hydrogen-bond acceptors (Lipinski definition) is 4. The maximum absolute atomic E-state index is 12.5. The molecule has 0 aromatic heterocycles. The number of imide groups is 1. The first-order valence-corrected chi connectivity index (χ1v) is 9.93. The van der Waals surface area contributed by atoms with E-state index in [9.17, 15) is 14.4 Å². The molecule has 0 saturated carbocycles. The summed E-state index contributed by atoms with van der Waals surface area (Å²) in [6, 6.07) is 8.82. The highest BCUT2D eigenvalue weighted by Gasteiger charge is 2.37. The zero-order chi connectivity index (χ0) is 20.1. The minimum Gasteiger partial charge on any atom is -0.375 e. The van der Waals surface area contributed by atoms with Crippen molar-refractivity contribution in [3.63, 3.8) is 0 Å². The largest absolute Gasteiger partial charge is 0.375 e. The predicted molar refractivity (Wildman–Crippen MR) is 105 cm³/mol. The fourth-order valence-corrected chi connectivity index (χ4v) is 3.80. The molecule has 0 bridgehead atoms. The SMILES string of the molecule is CC1(C)C[C@H](NC(=O)CC[C@H]2NC(=O)N(CCc3ccccc3)C2=O)CCO1. The van der Waals surface area contributed by atoms with Crippen molar-refractivity contribution in [2.75, 3.05) is 13.2 Å². The highest BCUT2D eigenvalue weighted by atomic mass is 16.5.